The minimum Gasteiger partial charge on any atom is -0.393 e. The Bertz CT molecular complexity index is 540. The van der Waals surface area contributed by atoms with E-state index in [0.29, 0.717) is 19.5 Å². The first-order valence-corrected chi connectivity index (χ1v) is 7.91. The number of aliphatic hydroxyl groups is 1. The summed E-state index contributed by atoms with van der Waals surface area (Å²) in [5, 5.41) is 13.3. The van der Waals surface area contributed by atoms with Gasteiger partial charge in [0.25, 0.3) is 0 Å². The van der Waals surface area contributed by atoms with Gasteiger partial charge in [0.1, 0.15) is 4.90 Å². The van der Waals surface area contributed by atoms with E-state index in [4.69, 9.17) is 5.73 Å². The largest absolute Gasteiger partial charge is 0.393 e. The van der Waals surface area contributed by atoms with E-state index < -0.39 is 10.0 Å². The predicted molar refractivity (Wildman–Crippen MR) is 70.8 cm³/mol. The molecule has 2 unspecified atom stereocenters. The molecule has 1 aliphatic rings. The first kappa shape index (κ1) is 14.3. The van der Waals surface area contributed by atoms with Gasteiger partial charge in [0.05, 0.1) is 6.10 Å². The Labute approximate surface area is 112 Å². The second kappa shape index (κ2) is 5.48. The maximum Gasteiger partial charge on any atom is 0.245 e. The fourth-order valence-corrected chi connectivity index (χ4v) is 3.51. The molecule has 1 aromatic rings. The number of nitrogens with two attached hydrogens (primary N) is 1. The number of hydrogen-bond acceptors (Lipinski definition) is 5. The molecule has 4 N–H and O–H groups in total. The van der Waals surface area contributed by atoms with Crippen molar-refractivity contribution < 1.29 is 13.5 Å². The van der Waals surface area contributed by atoms with Gasteiger partial charge >= 0.3 is 0 Å². The molecule has 0 radical (unpaired) electrons. The van der Waals surface area contributed by atoms with E-state index in [1.54, 1.807) is 0 Å². The molecule has 8 heteroatoms. The Morgan fingerprint density at radius 2 is 2.32 bits per heavy atom. The van der Waals surface area contributed by atoms with Gasteiger partial charge < -0.3 is 10.8 Å². The average molecular weight is 288 g/mol. The van der Waals surface area contributed by atoms with Crippen LogP contribution in [0.1, 0.15) is 26.2 Å². The summed E-state index contributed by atoms with van der Waals surface area (Å²) < 4.78 is 28.3. The number of anilines is 1. The Morgan fingerprint density at radius 1 is 1.58 bits per heavy atom. The first-order chi connectivity index (χ1) is 8.92. The Balaban J connectivity index is 2.03. The summed E-state index contributed by atoms with van der Waals surface area (Å²) in [6, 6.07) is 0. The summed E-state index contributed by atoms with van der Waals surface area (Å²) >= 11 is 0. The van der Waals surface area contributed by atoms with Crippen molar-refractivity contribution in [1.82, 2.24) is 14.5 Å². The van der Waals surface area contributed by atoms with Gasteiger partial charge in [-0.1, -0.05) is 0 Å². The minimum atomic E-state index is -3.63. The Kier molecular flexibility index (Phi) is 4.12. The standard InChI is InChI=1S/C11H20N4O3S/c1-2-15-7-10(11(12)14-15)19(17,18)13-6-8-3-4-9(16)5-8/h7-9,13,16H,2-6H2,1H3,(H2,12,14). The van der Waals surface area contributed by atoms with E-state index >= 15 is 0 Å². The minimum absolute atomic E-state index is 0.0146. The number of aromatic nitrogens is 2. The van der Waals surface area contributed by atoms with Crippen molar-refractivity contribution >= 4 is 15.8 Å². The third-order valence-corrected chi connectivity index (χ3v) is 4.88. The molecule has 1 fully saturated rings. The van der Waals surface area contributed by atoms with Crippen LogP contribution in [0.4, 0.5) is 5.82 Å². The molecule has 2 rings (SSSR count). The predicted octanol–water partition coefficient (Wildman–Crippen LogP) is -0.0755. The van der Waals surface area contributed by atoms with E-state index in [1.165, 1.54) is 10.9 Å². The van der Waals surface area contributed by atoms with Crippen LogP contribution in [0.3, 0.4) is 0 Å². The van der Waals surface area contributed by atoms with Crippen LogP contribution in [0.2, 0.25) is 0 Å². The van der Waals surface area contributed by atoms with E-state index in [2.05, 4.69) is 9.82 Å². The van der Waals surface area contributed by atoms with Gasteiger partial charge in [-0.3, -0.25) is 4.68 Å². The maximum absolute atomic E-state index is 12.1. The molecule has 1 aromatic heterocycles. The fraction of sp³-hybridized carbons (Fsp3) is 0.727. The van der Waals surface area contributed by atoms with Crippen molar-refractivity contribution in [3.05, 3.63) is 6.20 Å². The maximum atomic E-state index is 12.1. The third-order valence-electron chi connectivity index (χ3n) is 3.44. The van der Waals surface area contributed by atoms with Crippen molar-refractivity contribution in [1.29, 1.82) is 0 Å². The number of sulfonamides is 1. The molecule has 0 amide bonds. The molecule has 0 aromatic carbocycles. The van der Waals surface area contributed by atoms with Crippen LogP contribution in [-0.4, -0.2) is 36.0 Å². The van der Waals surface area contributed by atoms with Crippen LogP contribution in [0.5, 0.6) is 0 Å². The molecule has 1 aliphatic carbocycles. The molecule has 0 saturated heterocycles. The zero-order valence-corrected chi connectivity index (χ0v) is 11.7. The Hall–Kier alpha value is -1.12. The zero-order valence-electron chi connectivity index (χ0n) is 10.9. The highest BCUT2D eigenvalue weighted by atomic mass is 32.2. The van der Waals surface area contributed by atoms with Gasteiger partial charge in [-0.25, -0.2) is 13.1 Å². The van der Waals surface area contributed by atoms with Crippen molar-refractivity contribution in [2.45, 2.75) is 43.7 Å². The van der Waals surface area contributed by atoms with Crippen LogP contribution in [0.25, 0.3) is 0 Å². The lowest BCUT2D eigenvalue weighted by Gasteiger charge is -2.10. The molecule has 7 nitrogen and oxygen atoms in total. The van der Waals surface area contributed by atoms with Crippen molar-refractivity contribution in [2.24, 2.45) is 5.92 Å². The smallest absolute Gasteiger partial charge is 0.245 e. The monoisotopic (exact) mass is 288 g/mol. The van der Waals surface area contributed by atoms with Crippen LogP contribution in [0.15, 0.2) is 11.1 Å². The van der Waals surface area contributed by atoms with Crippen molar-refractivity contribution in [2.75, 3.05) is 12.3 Å². The summed E-state index contributed by atoms with van der Waals surface area (Å²) in [6.07, 6.45) is 3.35. The van der Waals surface area contributed by atoms with Crippen molar-refractivity contribution in [3.63, 3.8) is 0 Å². The molecular weight excluding hydrogens is 268 g/mol. The van der Waals surface area contributed by atoms with Gasteiger partial charge in [0.15, 0.2) is 5.82 Å². The highest BCUT2D eigenvalue weighted by Crippen LogP contribution is 2.25. The molecule has 1 saturated carbocycles. The van der Waals surface area contributed by atoms with Crippen LogP contribution in [-0.2, 0) is 16.6 Å². The number of rotatable bonds is 5. The first-order valence-electron chi connectivity index (χ1n) is 6.43. The van der Waals surface area contributed by atoms with E-state index in [-0.39, 0.29) is 22.7 Å². The second-order valence-corrected chi connectivity index (χ2v) is 6.65. The summed E-state index contributed by atoms with van der Waals surface area (Å²) in [5.41, 5.74) is 5.62. The number of aryl methyl sites for hydroxylation is 1. The molecule has 19 heavy (non-hydrogen) atoms. The van der Waals surface area contributed by atoms with E-state index in [1.807, 2.05) is 6.92 Å². The topological polar surface area (TPSA) is 110 Å². The molecule has 2 atom stereocenters. The van der Waals surface area contributed by atoms with Crippen LogP contribution >= 0.6 is 0 Å². The molecular formula is C11H20N4O3S. The SMILES string of the molecule is CCn1cc(S(=O)(=O)NCC2CCC(O)C2)c(N)n1. The average Bonchev–Trinajstić information content (AvgIpc) is 2.93. The van der Waals surface area contributed by atoms with Crippen LogP contribution < -0.4 is 10.5 Å². The van der Waals surface area contributed by atoms with Crippen LogP contribution in [0, 0.1) is 5.92 Å². The van der Waals surface area contributed by atoms with E-state index in [9.17, 15) is 13.5 Å². The van der Waals surface area contributed by atoms with Crippen molar-refractivity contribution in [3.8, 4) is 0 Å². The highest BCUT2D eigenvalue weighted by Gasteiger charge is 2.26. The lowest BCUT2D eigenvalue weighted by molar-refractivity contribution is 0.178. The lowest BCUT2D eigenvalue weighted by atomic mass is 10.1. The van der Waals surface area contributed by atoms with Gasteiger partial charge in [-0.15, -0.1) is 0 Å². The van der Waals surface area contributed by atoms with Gasteiger partial charge in [-0.05, 0) is 32.1 Å². The quantitative estimate of drug-likeness (QED) is 0.702. The summed E-state index contributed by atoms with van der Waals surface area (Å²) in [6.45, 7) is 2.75. The Morgan fingerprint density at radius 3 is 2.84 bits per heavy atom. The number of hydrogen-bond donors (Lipinski definition) is 3. The normalized spacial score (nSPS) is 23.9. The second-order valence-electron chi connectivity index (χ2n) is 4.92. The molecule has 0 bridgehead atoms. The summed E-state index contributed by atoms with van der Waals surface area (Å²) in [7, 11) is -3.63. The van der Waals surface area contributed by atoms with E-state index in [0.717, 1.165) is 12.8 Å². The number of nitrogens with zero attached hydrogens (tertiary/aromatic N) is 2. The molecule has 0 aliphatic heterocycles. The summed E-state index contributed by atoms with van der Waals surface area (Å²) in [5.74, 6) is 0.202. The highest BCUT2D eigenvalue weighted by molar-refractivity contribution is 7.89. The zero-order chi connectivity index (χ0) is 14.0. The van der Waals surface area contributed by atoms with Gasteiger partial charge in [0.2, 0.25) is 10.0 Å². The fourth-order valence-electron chi connectivity index (χ4n) is 2.33. The molecule has 0 spiro atoms. The lowest BCUT2D eigenvalue weighted by Crippen LogP contribution is -2.29. The number of nitrogens with one attached hydrogen (secondary N) is 1. The summed E-state index contributed by atoms with van der Waals surface area (Å²) in [4.78, 5) is 0.0212. The molecule has 1 heterocycles. The third kappa shape index (κ3) is 3.26. The number of nitrogen functional groups attached to an aromatic ring is 1. The number of aliphatic hydroxyl groups excluding tert-OH is 1. The molecule has 108 valence electrons. The van der Waals surface area contributed by atoms with Gasteiger partial charge in [0, 0.05) is 19.3 Å². The van der Waals surface area contributed by atoms with Gasteiger partial charge in [-0.2, -0.15) is 5.10 Å².